The molecule has 144 valence electrons. The Hall–Kier alpha value is 0.619. The van der Waals surface area contributed by atoms with Crippen molar-refractivity contribution < 1.29 is 7.87 Å². The molecule has 0 aromatic rings. The van der Waals surface area contributed by atoms with Crippen molar-refractivity contribution in [2.24, 2.45) is 11.8 Å². The summed E-state index contributed by atoms with van der Waals surface area (Å²) >= 11 is 1.91. The third-order valence-corrected chi connectivity index (χ3v) is 12.8. The van der Waals surface area contributed by atoms with E-state index in [1.165, 1.54) is 73.1 Å². The molecule has 0 bridgehead atoms. The quantitative estimate of drug-likeness (QED) is 0.211. The van der Waals surface area contributed by atoms with E-state index in [-0.39, 0.29) is 11.7 Å². The molecule has 2 atom stereocenters. The normalized spacial score (nSPS) is 15.0. The van der Waals surface area contributed by atoms with Crippen LogP contribution < -0.4 is 0 Å². The molecule has 0 amide bonds. The van der Waals surface area contributed by atoms with Gasteiger partial charge in [0.2, 0.25) is 0 Å². The van der Waals surface area contributed by atoms with Crippen LogP contribution in [0.25, 0.3) is 0 Å². The topological polar surface area (TPSA) is 26.3 Å². The van der Waals surface area contributed by atoms with E-state index >= 15 is 0 Å². The van der Waals surface area contributed by atoms with Gasteiger partial charge in [-0.3, -0.25) is 0 Å². The van der Waals surface area contributed by atoms with Gasteiger partial charge in [-0.25, -0.2) is 0 Å². The van der Waals surface area contributed by atoms with Gasteiger partial charge in [-0.05, 0) is 0 Å². The van der Waals surface area contributed by atoms with Crippen LogP contribution in [0.15, 0.2) is 0 Å². The number of carbonyl (C=O) groups is 1. The molecule has 24 heavy (non-hydrogen) atoms. The van der Waals surface area contributed by atoms with Crippen LogP contribution in [0.2, 0.25) is 8.87 Å². The second-order valence-electron chi connectivity index (χ2n) is 7.26. The van der Waals surface area contributed by atoms with Crippen molar-refractivity contribution in [1.29, 1.82) is 0 Å². The van der Waals surface area contributed by atoms with Gasteiger partial charge in [0.25, 0.3) is 0 Å². The van der Waals surface area contributed by atoms with E-state index in [4.69, 9.17) is 3.07 Å². The molecule has 0 aliphatic heterocycles. The zero-order chi connectivity index (χ0) is 18.2. The molecular weight excluding hydrogens is 423 g/mol. The predicted octanol–water partition coefficient (Wildman–Crippen LogP) is 6.40. The number of carbonyl (C=O) groups excluding carboxylic acids is 1. The van der Waals surface area contributed by atoms with Crippen molar-refractivity contribution in [2.45, 2.75) is 101 Å². The Balaban J connectivity index is 4.41. The van der Waals surface area contributed by atoms with Crippen molar-refractivity contribution in [3.8, 4) is 0 Å². The van der Waals surface area contributed by atoms with E-state index in [0.717, 1.165) is 11.8 Å². The Kier molecular flexibility index (Phi) is 17.5. The number of hydrogen-bond donors (Lipinski definition) is 1. The van der Waals surface area contributed by atoms with Gasteiger partial charge >= 0.3 is 165 Å². The van der Waals surface area contributed by atoms with Crippen LogP contribution in [0.1, 0.15) is 91.9 Å². The SMILES string of the molecule is CCCCC(CC)C[CH2][SnH]([CH2]CC(CC)CCCC)[O]C(=O)CS. The maximum absolute atomic E-state index is 11.7. The first kappa shape index (κ1) is 24.6. The van der Waals surface area contributed by atoms with E-state index in [0.29, 0.717) is 0 Å². The Bertz CT molecular complexity index is 279. The van der Waals surface area contributed by atoms with Gasteiger partial charge in [0, 0.05) is 0 Å². The monoisotopic (exact) mass is 466 g/mol. The predicted molar refractivity (Wildman–Crippen MR) is 113 cm³/mol. The van der Waals surface area contributed by atoms with Crippen LogP contribution in [0.5, 0.6) is 0 Å². The molecular formula is C20H42O2SSn. The molecule has 0 saturated carbocycles. The van der Waals surface area contributed by atoms with Gasteiger partial charge in [-0.1, -0.05) is 0 Å². The summed E-state index contributed by atoms with van der Waals surface area (Å²) < 4.78 is 8.35. The van der Waals surface area contributed by atoms with Crippen molar-refractivity contribution in [1.82, 2.24) is 0 Å². The molecule has 0 aliphatic carbocycles. The summed E-state index contributed by atoms with van der Waals surface area (Å²) in [7, 11) is 0. The van der Waals surface area contributed by atoms with Gasteiger partial charge in [0.1, 0.15) is 0 Å². The molecule has 0 saturated heterocycles. The van der Waals surface area contributed by atoms with E-state index in [1.807, 2.05) is 0 Å². The van der Waals surface area contributed by atoms with E-state index in [1.54, 1.807) is 0 Å². The van der Waals surface area contributed by atoms with Gasteiger partial charge in [-0.15, -0.1) is 0 Å². The summed E-state index contributed by atoms with van der Waals surface area (Å²) in [5.74, 6) is 1.84. The van der Waals surface area contributed by atoms with Gasteiger partial charge < -0.3 is 0 Å². The third kappa shape index (κ3) is 12.9. The molecule has 0 aliphatic rings. The summed E-state index contributed by atoms with van der Waals surface area (Å²) in [5.41, 5.74) is 0. The third-order valence-electron chi connectivity index (χ3n) is 5.31. The molecule has 0 spiro atoms. The zero-order valence-corrected chi connectivity index (χ0v) is 20.9. The molecule has 2 nitrogen and oxygen atoms in total. The van der Waals surface area contributed by atoms with Crippen LogP contribution in [0.4, 0.5) is 0 Å². The minimum absolute atomic E-state index is 0.0673. The molecule has 0 rings (SSSR count). The van der Waals surface area contributed by atoms with E-state index in [9.17, 15) is 4.79 Å². The van der Waals surface area contributed by atoms with E-state index in [2.05, 4.69) is 40.3 Å². The number of hydrogen-bond acceptors (Lipinski definition) is 3. The van der Waals surface area contributed by atoms with Crippen LogP contribution in [0.3, 0.4) is 0 Å². The fraction of sp³-hybridized carbons (Fsp3) is 0.950. The number of unbranched alkanes of at least 4 members (excludes halogenated alkanes) is 2. The number of thiol groups is 1. The summed E-state index contributed by atoms with van der Waals surface area (Å²) in [4.78, 5) is 11.7. The molecule has 0 aromatic heterocycles. The second kappa shape index (κ2) is 17.1. The van der Waals surface area contributed by atoms with Crippen molar-refractivity contribution in [3.63, 3.8) is 0 Å². The van der Waals surface area contributed by atoms with Gasteiger partial charge in [0.15, 0.2) is 0 Å². The standard InChI is InChI=1S/2C9H19.C2H4O2S.Sn.H/c2*1-4-7-8-9(5-2)6-3;3-2(4)1-5;;/h2*9H,2,4-8H2,1,3H3;5H,1H2,(H,3,4);;/q;;;+1;/p-1. The Morgan fingerprint density at radius 3 is 1.67 bits per heavy atom. The van der Waals surface area contributed by atoms with Crippen LogP contribution in [-0.4, -0.2) is 31.9 Å². The fourth-order valence-corrected chi connectivity index (χ4v) is 11.5. The Morgan fingerprint density at radius 2 is 1.33 bits per heavy atom. The van der Waals surface area contributed by atoms with Crippen LogP contribution >= 0.6 is 12.6 Å². The van der Waals surface area contributed by atoms with Gasteiger partial charge in [-0.2, -0.15) is 0 Å². The molecule has 2 unspecified atom stereocenters. The van der Waals surface area contributed by atoms with E-state index < -0.39 is 20.2 Å². The molecule has 4 heteroatoms. The first-order valence-corrected chi connectivity index (χ1v) is 17.0. The second-order valence-corrected chi connectivity index (χ2v) is 15.1. The average Bonchev–Trinajstić information content (AvgIpc) is 2.61. The van der Waals surface area contributed by atoms with Crippen LogP contribution in [-0.2, 0) is 7.87 Å². The van der Waals surface area contributed by atoms with Crippen molar-refractivity contribution in [2.75, 3.05) is 5.75 Å². The van der Waals surface area contributed by atoms with Gasteiger partial charge in [0.05, 0.1) is 0 Å². The molecule has 0 fully saturated rings. The summed E-state index contributed by atoms with van der Waals surface area (Å²) in [6, 6.07) is 0. The molecule has 0 aromatic carbocycles. The van der Waals surface area contributed by atoms with Crippen molar-refractivity contribution >= 4 is 38.8 Å². The fourth-order valence-electron chi connectivity index (χ4n) is 3.42. The van der Waals surface area contributed by atoms with Crippen LogP contribution in [0, 0.1) is 11.8 Å². The molecule has 0 heterocycles. The summed E-state index contributed by atoms with van der Waals surface area (Å²) in [6.45, 7) is 9.15. The first-order chi connectivity index (χ1) is 11.6. The van der Waals surface area contributed by atoms with Crippen molar-refractivity contribution in [3.05, 3.63) is 0 Å². The Morgan fingerprint density at radius 1 is 0.875 bits per heavy atom. The summed E-state index contributed by atoms with van der Waals surface area (Å²) in [6.07, 6.45) is 13.0. The molecule has 0 N–H and O–H groups in total. The average molecular weight is 465 g/mol. The summed E-state index contributed by atoms with van der Waals surface area (Å²) in [5, 5.41) is 0. The minimum atomic E-state index is -2.19. The first-order valence-electron chi connectivity index (χ1n) is 10.4. The molecule has 0 radical (unpaired) electrons. The number of rotatable bonds is 16. The Labute approximate surface area is 164 Å². The zero-order valence-electron chi connectivity index (χ0n) is 16.7. The maximum atomic E-state index is 11.7.